The van der Waals surface area contributed by atoms with Crippen LogP contribution >= 0.6 is 11.8 Å². The highest BCUT2D eigenvalue weighted by molar-refractivity contribution is 7.99. The number of hydrogen-bond donors (Lipinski definition) is 0. The number of pyridine rings is 1. The molecule has 2 heterocycles. The van der Waals surface area contributed by atoms with Crippen LogP contribution in [-0.4, -0.2) is 15.1 Å². The van der Waals surface area contributed by atoms with E-state index < -0.39 is 11.7 Å². The van der Waals surface area contributed by atoms with Gasteiger partial charge in [-0.3, -0.25) is 0 Å². The third kappa shape index (κ3) is 3.50. The van der Waals surface area contributed by atoms with Crippen molar-refractivity contribution in [2.24, 2.45) is 0 Å². The van der Waals surface area contributed by atoms with Crippen LogP contribution in [0.5, 0.6) is 0 Å². The molecule has 1 atom stereocenters. The Bertz CT molecular complexity index is 568. The monoisotopic (exact) mass is 303 g/mol. The smallest absolute Gasteiger partial charge is 0.338 e. The van der Waals surface area contributed by atoms with E-state index in [0.717, 1.165) is 12.3 Å². The first-order valence-electron chi connectivity index (χ1n) is 5.92. The second-order valence-corrected chi connectivity index (χ2v) is 5.41. The van der Waals surface area contributed by atoms with E-state index in [1.807, 2.05) is 13.8 Å². The fourth-order valence-corrected chi connectivity index (χ4v) is 2.24. The highest BCUT2D eigenvalue weighted by Crippen LogP contribution is 2.34. The molecular weight excluding hydrogens is 291 g/mol. The van der Waals surface area contributed by atoms with Gasteiger partial charge < -0.3 is 4.52 Å². The third-order valence-electron chi connectivity index (χ3n) is 2.51. The number of hydrogen-bond acceptors (Lipinski definition) is 5. The Labute approximate surface area is 117 Å². The molecule has 1 unspecified atom stereocenters. The Hall–Kier alpha value is -1.57. The lowest BCUT2D eigenvalue weighted by molar-refractivity contribution is -0.137. The van der Waals surface area contributed by atoms with Gasteiger partial charge in [0.05, 0.1) is 15.8 Å². The van der Waals surface area contributed by atoms with Crippen LogP contribution in [0.3, 0.4) is 0 Å². The minimum absolute atomic E-state index is 0.174. The van der Waals surface area contributed by atoms with Gasteiger partial charge in [-0.05, 0) is 19.1 Å². The summed E-state index contributed by atoms with van der Waals surface area (Å²) >= 11 is 1.27. The van der Waals surface area contributed by atoms with Crippen LogP contribution < -0.4 is 0 Å². The molecule has 0 radical (unpaired) electrons. The molecule has 8 heteroatoms. The van der Waals surface area contributed by atoms with Gasteiger partial charge >= 0.3 is 6.18 Å². The highest BCUT2D eigenvalue weighted by atomic mass is 32.2. The quantitative estimate of drug-likeness (QED) is 0.802. The minimum atomic E-state index is -4.37. The second kappa shape index (κ2) is 5.82. The first kappa shape index (κ1) is 14.8. The number of halogens is 3. The molecule has 0 amide bonds. The summed E-state index contributed by atoms with van der Waals surface area (Å²) in [5.74, 6) is 1.04. The summed E-state index contributed by atoms with van der Waals surface area (Å²) in [5, 5.41) is 4.07. The van der Waals surface area contributed by atoms with Crippen molar-refractivity contribution in [1.82, 2.24) is 15.1 Å². The van der Waals surface area contributed by atoms with E-state index in [1.165, 1.54) is 17.8 Å². The highest BCUT2D eigenvalue weighted by Gasteiger charge is 2.30. The SMILES string of the molecule is CCc1noc(C(C)Sc2ccc(C(F)(F)F)cn2)n1. The van der Waals surface area contributed by atoms with E-state index >= 15 is 0 Å². The second-order valence-electron chi connectivity index (χ2n) is 4.05. The van der Waals surface area contributed by atoms with E-state index in [1.54, 1.807) is 0 Å². The van der Waals surface area contributed by atoms with E-state index in [2.05, 4.69) is 15.1 Å². The molecule has 0 bridgehead atoms. The van der Waals surface area contributed by atoms with Crippen molar-refractivity contribution in [3.63, 3.8) is 0 Å². The van der Waals surface area contributed by atoms with Gasteiger partial charge in [0.15, 0.2) is 5.82 Å². The lowest BCUT2D eigenvalue weighted by atomic mass is 10.3. The lowest BCUT2D eigenvalue weighted by Crippen LogP contribution is -2.05. The Morgan fingerprint density at radius 1 is 1.35 bits per heavy atom. The zero-order valence-electron chi connectivity index (χ0n) is 10.8. The van der Waals surface area contributed by atoms with Gasteiger partial charge in [0.1, 0.15) is 0 Å². The van der Waals surface area contributed by atoms with Crippen molar-refractivity contribution in [2.45, 2.75) is 36.7 Å². The predicted molar refractivity (Wildman–Crippen MR) is 67.2 cm³/mol. The predicted octanol–water partition coefficient (Wildman–Crippen LogP) is 3.90. The normalized spacial score (nSPS) is 13.4. The van der Waals surface area contributed by atoms with E-state index in [-0.39, 0.29) is 5.25 Å². The van der Waals surface area contributed by atoms with Crippen LogP contribution in [0.25, 0.3) is 0 Å². The fourth-order valence-electron chi connectivity index (χ4n) is 1.43. The molecular formula is C12H12F3N3OS. The Morgan fingerprint density at radius 3 is 2.60 bits per heavy atom. The molecule has 0 saturated carbocycles. The average Bonchev–Trinajstić information content (AvgIpc) is 2.87. The standard InChI is InChI=1S/C12H12F3N3OS/c1-3-9-17-11(19-18-9)7(2)20-10-5-4-8(6-16-10)12(13,14)15/h4-7H,3H2,1-2H3. The molecule has 2 aromatic rings. The summed E-state index contributed by atoms with van der Waals surface area (Å²) in [7, 11) is 0. The molecule has 4 nitrogen and oxygen atoms in total. The van der Waals surface area contributed by atoms with Gasteiger partial charge in [-0.25, -0.2) is 4.98 Å². The topological polar surface area (TPSA) is 51.8 Å². The van der Waals surface area contributed by atoms with Gasteiger partial charge in [-0.1, -0.05) is 23.8 Å². The van der Waals surface area contributed by atoms with Crippen molar-refractivity contribution in [3.8, 4) is 0 Å². The first-order valence-corrected chi connectivity index (χ1v) is 6.80. The number of aryl methyl sites for hydroxylation is 1. The zero-order valence-corrected chi connectivity index (χ0v) is 11.6. The van der Waals surface area contributed by atoms with Crippen molar-refractivity contribution in [1.29, 1.82) is 0 Å². The number of nitrogens with zero attached hydrogens (tertiary/aromatic N) is 3. The van der Waals surface area contributed by atoms with Crippen LogP contribution in [-0.2, 0) is 12.6 Å². The van der Waals surface area contributed by atoms with Gasteiger partial charge in [0.25, 0.3) is 0 Å². The fraction of sp³-hybridized carbons (Fsp3) is 0.417. The molecule has 0 aliphatic rings. The van der Waals surface area contributed by atoms with Crippen molar-refractivity contribution in [2.75, 3.05) is 0 Å². The maximum Gasteiger partial charge on any atom is 0.417 e. The molecule has 0 aromatic carbocycles. The van der Waals surface area contributed by atoms with Crippen molar-refractivity contribution in [3.05, 3.63) is 35.6 Å². The van der Waals surface area contributed by atoms with Gasteiger partial charge in [-0.15, -0.1) is 0 Å². The summed E-state index contributed by atoms with van der Waals surface area (Å²) in [6, 6.07) is 2.34. The summed E-state index contributed by atoms with van der Waals surface area (Å²) < 4.78 is 42.3. The van der Waals surface area contributed by atoms with Crippen LogP contribution in [0.1, 0.15) is 36.4 Å². The first-order chi connectivity index (χ1) is 9.40. The van der Waals surface area contributed by atoms with Gasteiger partial charge in [-0.2, -0.15) is 18.2 Å². The van der Waals surface area contributed by atoms with Crippen LogP contribution in [0.4, 0.5) is 13.2 Å². The number of thioether (sulfide) groups is 1. The maximum absolute atomic E-state index is 12.4. The summed E-state index contributed by atoms with van der Waals surface area (Å²) in [4.78, 5) is 7.97. The van der Waals surface area contributed by atoms with Crippen LogP contribution in [0.2, 0.25) is 0 Å². The Morgan fingerprint density at radius 2 is 2.10 bits per heavy atom. The molecule has 0 aliphatic carbocycles. The van der Waals surface area contributed by atoms with Gasteiger partial charge in [0.2, 0.25) is 5.89 Å². The van der Waals surface area contributed by atoms with Crippen molar-refractivity contribution >= 4 is 11.8 Å². The van der Waals surface area contributed by atoms with E-state index in [0.29, 0.717) is 23.2 Å². The zero-order chi connectivity index (χ0) is 14.8. The summed E-state index contributed by atoms with van der Waals surface area (Å²) in [6.07, 6.45) is -2.88. The maximum atomic E-state index is 12.4. The van der Waals surface area contributed by atoms with Crippen molar-refractivity contribution < 1.29 is 17.7 Å². The summed E-state index contributed by atoms with van der Waals surface area (Å²) in [6.45, 7) is 3.74. The Balaban J connectivity index is 2.06. The molecule has 2 rings (SSSR count). The number of aromatic nitrogens is 3. The summed E-state index contributed by atoms with van der Waals surface area (Å²) in [5.41, 5.74) is -0.763. The molecule has 0 spiro atoms. The van der Waals surface area contributed by atoms with E-state index in [9.17, 15) is 13.2 Å². The Kier molecular flexibility index (Phi) is 4.32. The molecule has 20 heavy (non-hydrogen) atoms. The lowest BCUT2D eigenvalue weighted by Gasteiger charge is -2.08. The molecule has 0 saturated heterocycles. The number of alkyl halides is 3. The van der Waals surface area contributed by atoms with Crippen LogP contribution in [0.15, 0.2) is 27.9 Å². The molecule has 108 valence electrons. The van der Waals surface area contributed by atoms with E-state index in [4.69, 9.17) is 4.52 Å². The van der Waals surface area contributed by atoms with Gasteiger partial charge in [0, 0.05) is 12.6 Å². The van der Waals surface area contributed by atoms with Crippen LogP contribution in [0, 0.1) is 0 Å². The largest absolute Gasteiger partial charge is 0.417 e. The number of rotatable bonds is 4. The molecule has 0 N–H and O–H groups in total. The molecule has 0 aliphatic heterocycles. The molecule has 2 aromatic heterocycles. The third-order valence-corrected chi connectivity index (χ3v) is 3.55. The average molecular weight is 303 g/mol. The molecule has 0 fully saturated rings. The minimum Gasteiger partial charge on any atom is -0.338 e.